The second kappa shape index (κ2) is 2.85. The maximum Gasteiger partial charge on any atom is 0.0871 e. The number of fused-ring (bicyclic) bond motifs is 1. The third-order valence-corrected chi connectivity index (χ3v) is 2.95. The van der Waals surface area contributed by atoms with E-state index in [1.807, 2.05) is 6.92 Å². The summed E-state index contributed by atoms with van der Waals surface area (Å²) in [6.07, 6.45) is 3.11. The Balaban J connectivity index is 2.53. The Labute approximate surface area is 79.4 Å². The molecule has 1 unspecified atom stereocenters. The van der Waals surface area contributed by atoms with Crippen molar-refractivity contribution in [1.82, 2.24) is 0 Å². The average Bonchev–Trinajstić information content (AvgIpc) is 2.02. The summed E-state index contributed by atoms with van der Waals surface area (Å²) in [7, 11) is 0. The number of benzene rings is 1. The highest BCUT2D eigenvalue weighted by Gasteiger charge is 2.28. The Bertz CT molecular complexity index is 326. The zero-order valence-corrected chi connectivity index (χ0v) is 8.30. The van der Waals surface area contributed by atoms with Crippen LogP contribution in [-0.2, 0) is 12.0 Å². The third-order valence-electron chi connectivity index (χ3n) is 2.95. The van der Waals surface area contributed by atoms with Crippen molar-refractivity contribution < 1.29 is 5.11 Å². The van der Waals surface area contributed by atoms with Crippen LogP contribution in [0.2, 0.25) is 0 Å². The SMILES string of the molecule is Cc1ccc2c(c1)CCCC2(C)O. The largest absolute Gasteiger partial charge is 0.385 e. The van der Waals surface area contributed by atoms with E-state index in [1.165, 1.54) is 11.1 Å². The van der Waals surface area contributed by atoms with E-state index in [1.54, 1.807) is 0 Å². The van der Waals surface area contributed by atoms with Gasteiger partial charge in [-0.25, -0.2) is 0 Å². The van der Waals surface area contributed by atoms with Crippen molar-refractivity contribution in [1.29, 1.82) is 0 Å². The molecule has 1 atom stereocenters. The van der Waals surface area contributed by atoms with E-state index in [2.05, 4.69) is 25.1 Å². The summed E-state index contributed by atoms with van der Waals surface area (Å²) in [6, 6.07) is 6.35. The van der Waals surface area contributed by atoms with Crippen LogP contribution in [0.4, 0.5) is 0 Å². The maximum atomic E-state index is 10.1. The first-order valence-corrected chi connectivity index (χ1v) is 4.92. The topological polar surface area (TPSA) is 20.2 Å². The highest BCUT2D eigenvalue weighted by molar-refractivity contribution is 5.37. The van der Waals surface area contributed by atoms with Crippen LogP contribution in [0.1, 0.15) is 36.5 Å². The zero-order chi connectivity index (χ0) is 9.47. The molecule has 1 N–H and O–H groups in total. The van der Waals surface area contributed by atoms with E-state index in [-0.39, 0.29) is 0 Å². The molecular formula is C12H16O. The van der Waals surface area contributed by atoms with Crippen LogP contribution in [0.25, 0.3) is 0 Å². The molecule has 70 valence electrons. The molecule has 0 aromatic heterocycles. The molecule has 1 heteroatoms. The van der Waals surface area contributed by atoms with Crippen LogP contribution < -0.4 is 0 Å². The van der Waals surface area contributed by atoms with Crippen molar-refractivity contribution in [2.45, 2.75) is 38.7 Å². The highest BCUT2D eigenvalue weighted by Crippen LogP contribution is 2.34. The molecule has 13 heavy (non-hydrogen) atoms. The van der Waals surface area contributed by atoms with E-state index in [0.29, 0.717) is 0 Å². The van der Waals surface area contributed by atoms with Crippen LogP contribution in [0, 0.1) is 6.92 Å². The lowest BCUT2D eigenvalue weighted by Gasteiger charge is -2.31. The minimum Gasteiger partial charge on any atom is -0.385 e. The molecule has 0 radical (unpaired) electrons. The van der Waals surface area contributed by atoms with Gasteiger partial charge in [-0.15, -0.1) is 0 Å². The van der Waals surface area contributed by atoms with Gasteiger partial charge in [0.2, 0.25) is 0 Å². The predicted molar refractivity (Wildman–Crippen MR) is 53.7 cm³/mol. The first-order valence-electron chi connectivity index (χ1n) is 4.92. The first-order chi connectivity index (χ1) is 6.09. The Morgan fingerprint density at radius 2 is 2.15 bits per heavy atom. The van der Waals surface area contributed by atoms with E-state index >= 15 is 0 Å². The fourth-order valence-electron chi connectivity index (χ4n) is 2.21. The van der Waals surface area contributed by atoms with Crippen molar-refractivity contribution in [3.8, 4) is 0 Å². The Morgan fingerprint density at radius 1 is 1.38 bits per heavy atom. The van der Waals surface area contributed by atoms with E-state index < -0.39 is 5.60 Å². The van der Waals surface area contributed by atoms with Gasteiger partial charge in [-0.1, -0.05) is 23.8 Å². The predicted octanol–water partition coefficient (Wildman–Crippen LogP) is 2.54. The van der Waals surface area contributed by atoms with Crippen molar-refractivity contribution >= 4 is 0 Å². The van der Waals surface area contributed by atoms with Gasteiger partial charge in [-0.2, -0.15) is 0 Å². The summed E-state index contributed by atoms with van der Waals surface area (Å²) >= 11 is 0. The van der Waals surface area contributed by atoms with Gasteiger partial charge in [0.05, 0.1) is 5.60 Å². The zero-order valence-electron chi connectivity index (χ0n) is 8.30. The lowest BCUT2D eigenvalue weighted by molar-refractivity contribution is 0.0387. The molecule has 0 amide bonds. The summed E-state index contributed by atoms with van der Waals surface area (Å²) in [5.74, 6) is 0. The Morgan fingerprint density at radius 3 is 2.92 bits per heavy atom. The summed E-state index contributed by atoms with van der Waals surface area (Å²) in [4.78, 5) is 0. The molecule has 1 aromatic carbocycles. The van der Waals surface area contributed by atoms with Gasteiger partial charge >= 0.3 is 0 Å². The minimum atomic E-state index is -0.596. The normalized spacial score (nSPS) is 27.0. The molecule has 0 spiro atoms. The molecule has 1 aliphatic rings. The molecule has 2 rings (SSSR count). The number of aryl methyl sites for hydroxylation is 2. The smallest absolute Gasteiger partial charge is 0.0871 e. The van der Waals surface area contributed by atoms with E-state index in [0.717, 1.165) is 24.8 Å². The maximum absolute atomic E-state index is 10.1. The molecule has 0 aliphatic heterocycles. The number of rotatable bonds is 0. The van der Waals surface area contributed by atoms with Gasteiger partial charge in [-0.05, 0) is 44.2 Å². The molecule has 0 fully saturated rings. The van der Waals surface area contributed by atoms with Crippen molar-refractivity contribution in [2.75, 3.05) is 0 Å². The molecule has 1 aromatic rings. The van der Waals surface area contributed by atoms with Gasteiger partial charge in [0.25, 0.3) is 0 Å². The second-order valence-corrected chi connectivity index (χ2v) is 4.29. The van der Waals surface area contributed by atoms with E-state index in [9.17, 15) is 5.11 Å². The molecule has 0 saturated heterocycles. The lowest BCUT2D eigenvalue weighted by atomic mass is 9.80. The number of aliphatic hydroxyl groups is 1. The minimum absolute atomic E-state index is 0.596. The standard InChI is InChI=1S/C12H16O/c1-9-5-6-11-10(8-9)4-3-7-12(11,2)13/h5-6,8,13H,3-4,7H2,1-2H3. The summed E-state index contributed by atoms with van der Waals surface area (Å²) in [6.45, 7) is 4.02. The van der Waals surface area contributed by atoms with Gasteiger partial charge in [0, 0.05) is 0 Å². The van der Waals surface area contributed by atoms with Gasteiger partial charge in [0.1, 0.15) is 0 Å². The summed E-state index contributed by atoms with van der Waals surface area (Å²) in [5, 5.41) is 10.1. The van der Waals surface area contributed by atoms with Crippen LogP contribution in [0.15, 0.2) is 18.2 Å². The van der Waals surface area contributed by atoms with Crippen LogP contribution in [0.5, 0.6) is 0 Å². The fraction of sp³-hybridized carbons (Fsp3) is 0.500. The highest BCUT2D eigenvalue weighted by atomic mass is 16.3. The quantitative estimate of drug-likeness (QED) is 0.644. The van der Waals surface area contributed by atoms with Crippen molar-refractivity contribution in [3.63, 3.8) is 0 Å². The Hall–Kier alpha value is -0.820. The monoisotopic (exact) mass is 176 g/mol. The Kier molecular flexibility index (Phi) is 1.92. The second-order valence-electron chi connectivity index (χ2n) is 4.29. The number of hydrogen-bond acceptors (Lipinski definition) is 1. The first kappa shape index (κ1) is 8.76. The van der Waals surface area contributed by atoms with Gasteiger partial charge in [-0.3, -0.25) is 0 Å². The summed E-state index contributed by atoms with van der Waals surface area (Å²) < 4.78 is 0. The average molecular weight is 176 g/mol. The van der Waals surface area contributed by atoms with Crippen molar-refractivity contribution in [3.05, 3.63) is 34.9 Å². The van der Waals surface area contributed by atoms with Crippen molar-refractivity contribution in [2.24, 2.45) is 0 Å². The molecule has 0 saturated carbocycles. The summed E-state index contributed by atoms with van der Waals surface area (Å²) in [5.41, 5.74) is 3.15. The van der Waals surface area contributed by atoms with E-state index in [4.69, 9.17) is 0 Å². The third kappa shape index (κ3) is 1.49. The van der Waals surface area contributed by atoms with Gasteiger partial charge < -0.3 is 5.11 Å². The van der Waals surface area contributed by atoms with Crippen LogP contribution in [-0.4, -0.2) is 5.11 Å². The molecule has 0 heterocycles. The van der Waals surface area contributed by atoms with Crippen LogP contribution >= 0.6 is 0 Å². The number of hydrogen-bond donors (Lipinski definition) is 1. The molecule has 0 bridgehead atoms. The fourth-order valence-corrected chi connectivity index (χ4v) is 2.21. The molecule has 1 aliphatic carbocycles. The lowest BCUT2D eigenvalue weighted by Crippen LogP contribution is -2.26. The van der Waals surface area contributed by atoms with Crippen LogP contribution in [0.3, 0.4) is 0 Å². The molecular weight excluding hydrogens is 160 g/mol. The van der Waals surface area contributed by atoms with Gasteiger partial charge in [0.15, 0.2) is 0 Å². The molecule has 1 nitrogen and oxygen atoms in total.